The van der Waals surface area contributed by atoms with Crippen LogP contribution in [0.25, 0.3) is 0 Å². The normalized spacial score (nSPS) is 26.8. The minimum Gasteiger partial charge on any atom is -0.457 e. The summed E-state index contributed by atoms with van der Waals surface area (Å²) in [7, 11) is 0. The number of carbonyl (C=O) groups excluding carboxylic acids is 1. The first-order chi connectivity index (χ1) is 14.1. The zero-order valence-corrected chi connectivity index (χ0v) is 16.2. The summed E-state index contributed by atoms with van der Waals surface area (Å²) >= 11 is 0. The number of aliphatic hydroxyl groups is 2. The molecule has 5 atom stereocenters. The summed E-state index contributed by atoms with van der Waals surface area (Å²) < 4.78 is 22.8. The van der Waals surface area contributed by atoms with Crippen LogP contribution < -0.4 is 0 Å². The van der Waals surface area contributed by atoms with Gasteiger partial charge in [0.1, 0.15) is 18.3 Å². The van der Waals surface area contributed by atoms with Gasteiger partial charge < -0.3 is 29.2 Å². The van der Waals surface area contributed by atoms with Crippen LogP contribution in [-0.4, -0.2) is 53.5 Å². The fourth-order valence-corrected chi connectivity index (χ4v) is 3.28. The third-order valence-electron chi connectivity index (χ3n) is 4.66. The second-order valence-electron chi connectivity index (χ2n) is 6.84. The number of aliphatic hydroxyl groups excluding tert-OH is 2. The molecule has 0 aromatic heterocycles. The molecular formula is C22H26O7. The molecule has 1 aliphatic rings. The van der Waals surface area contributed by atoms with E-state index < -0.39 is 43.3 Å². The first-order valence-electron chi connectivity index (χ1n) is 9.51. The smallest absolute Gasteiger partial charge is 0.303 e. The molecule has 0 radical (unpaired) electrons. The van der Waals surface area contributed by atoms with Crippen molar-refractivity contribution < 1.29 is 34.0 Å². The number of hydrogen-bond acceptors (Lipinski definition) is 7. The van der Waals surface area contributed by atoms with Gasteiger partial charge in [-0.05, 0) is 11.1 Å². The van der Waals surface area contributed by atoms with Gasteiger partial charge in [-0.2, -0.15) is 0 Å². The molecule has 7 heteroatoms. The highest BCUT2D eigenvalue weighted by molar-refractivity contribution is 5.66. The number of carbonyl (C=O) groups is 1. The molecule has 1 unspecified atom stereocenters. The van der Waals surface area contributed by atoms with Crippen molar-refractivity contribution in [3.8, 4) is 0 Å². The maximum Gasteiger partial charge on any atom is 0.303 e. The molecule has 3 rings (SSSR count). The van der Waals surface area contributed by atoms with Crippen molar-refractivity contribution in [2.24, 2.45) is 0 Å². The molecule has 2 aromatic rings. The Balaban J connectivity index is 1.76. The lowest BCUT2D eigenvalue weighted by Gasteiger charge is -2.43. The molecule has 7 nitrogen and oxygen atoms in total. The van der Waals surface area contributed by atoms with Crippen LogP contribution in [-0.2, 0) is 37.0 Å². The van der Waals surface area contributed by atoms with Crippen molar-refractivity contribution in [3.63, 3.8) is 0 Å². The Bertz CT molecular complexity index is 752. The number of esters is 1. The molecule has 0 amide bonds. The fourth-order valence-electron chi connectivity index (χ4n) is 3.28. The van der Waals surface area contributed by atoms with Gasteiger partial charge in [-0.25, -0.2) is 0 Å². The van der Waals surface area contributed by atoms with Crippen LogP contribution in [0.3, 0.4) is 0 Å². The van der Waals surface area contributed by atoms with E-state index in [4.69, 9.17) is 18.9 Å². The Hall–Kier alpha value is -2.29. The van der Waals surface area contributed by atoms with Crippen molar-refractivity contribution >= 4 is 5.97 Å². The molecule has 1 fully saturated rings. The van der Waals surface area contributed by atoms with Crippen molar-refractivity contribution in [1.82, 2.24) is 0 Å². The Morgan fingerprint density at radius 3 is 1.90 bits per heavy atom. The summed E-state index contributed by atoms with van der Waals surface area (Å²) in [4.78, 5) is 11.7. The number of ether oxygens (including phenoxy) is 4. The first kappa shape index (κ1) is 21.4. The monoisotopic (exact) mass is 402 g/mol. The summed E-state index contributed by atoms with van der Waals surface area (Å²) in [6.07, 6.45) is -4.97. The van der Waals surface area contributed by atoms with Gasteiger partial charge in [0.15, 0.2) is 12.4 Å². The van der Waals surface area contributed by atoms with Gasteiger partial charge in [0.05, 0.1) is 19.8 Å². The van der Waals surface area contributed by atoms with Crippen LogP contribution in [0.2, 0.25) is 0 Å². The average molecular weight is 402 g/mol. The highest BCUT2D eigenvalue weighted by Crippen LogP contribution is 2.28. The lowest BCUT2D eigenvalue weighted by atomic mass is 9.98. The second-order valence-corrected chi connectivity index (χ2v) is 6.84. The molecule has 2 aromatic carbocycles. The maximum atomic E-state index is 11.7. The summed E-state index contributed by atoms with van der Waals surface area (Å²) in [5.41, 5.74) is 1.81. The molecule has 0 spiro atoms. The molecule has 1 saturated heterocycles. The largest absolute Gasteiger partial charge is 0.457 e. The van der Waals surface area contributed by atoms with Crippen molar-refractivity contribution in [2.75, 3.05) is 6.61 Å². The molecule has 1 heterocycles. The van der Waals surface area contributed by atoms with E-state index in [1.54, 1.807) is 0 Å². The molecular weight excluding hydrogens is 376 g/mol. The summed E-state index contributed by atoms with van der Waals surface area (Å²) in [6.45, 7) is 1.29. The number of benzene rings is 2. The molecule has 0 bridgehead atoms. The SMILES string of the molecule is CC(=O)O[C@H]1[C@H](OCc2ccccc2)[C@@H](CO)OC(O)[C@@H]1OCc1ccccc1. The van der Waals surface area contributed by atoms with Crippen LogP contribution >= 0.6 is 0 Å². The summed E-state index contributed by atoms with van der Waals surface area (Å²) in [5, 5.41) is 20.2. The summed E-state index contributed by atoms with van der Waals surface area (Å²) in [6, 6.07) is 18.9. The zero-order valence-electron chi connectivity index (χ0n) is 16.2. The Morgan fingerprint density at radius 2 is 1.41 bits per heavy atom. The first-order valence-corrected chi connectivity index (χ1v) is 9.51. The van der Waals surface area contributed by atoms with E-state index in [-0.39, 0.29) is 13.2 Å². The maximum absolute atomic E-state index is 11.7. The molecule has 0 aliphatic carbocycles. The summed E-state index contributed by atoms with van der Waals surface area (Å²) in [5.74, 6) is -0.539. The van der Waals surface area contributed by atoms with Gasteiger partial charge in [0.25, 0.3) is 0 Å². The van der Waals surface area contributed by atoms with Gasteiger partial charge >= 0.3 is 5.97 Å². The predicted octanol–water partition coefficient (Wildman–Crippen LogP) is 1.80. The molecule has 29 heavy (non-hydrogen) atoms. The third kappa shape index (κ3) is 5.85. The van der Waals surface area contributed by atoms with E-state index in [1.807, 2.05) is 60.7 Å². The van der Waals surface area contributed by atoms with Crippen LogP contribution in [0.5, 0.6) is 0 Å². The zero-order chi connectivity index (χ0) is 20.6. The van der Waals surface area contributed by atoms with E-state index in [0.717, 1.165) is 11.1 Å². The quantitative estimate of drug-likeness (QED) is 0.650. The lowest BCUT2D eigenvalue weighted by molar-refractivity contribution is -0.308. The van der Waals surface area contributed by atoms with Crippen molar-refractivity contribution in [2.45, 2.75) is 50.8 Å². The average Bonchev–Trinajstić information content (AvgIpc) is 2.73. The number of hydrogen-bond donors (Lipinski definition) is 2. The topological polar surface area (TPSA) is 94.5 Å². The molecule has 1 aliphatic heterocycles. The van der Waals surface area contributed by atoms with Gasteiger partial charge in [-0.3, -0.25) is 4.79 Å². The third-order valence-corrected chi connectivity index (χ3v) is 4.66. The molecule has 2 N–H and O–H groups in total. The highest BCUT2D eigenvalue weighted by atomic mass is 16.7. The number of rotatable bonds is 8. The van der Waals surface area contributed by atoms with Crippen molar-refractivity contribution in [3.05, 3.63) is 71.8 Å². The van der Waals surface area contributed by atoms with Gasteiger partial charge in [0, 0.05) is 6.92 Å². The van der Waals surface area contributed by atoms with Crippen LogP contribution in [0.1, 0.15) is 18.1 Å². The minimum absolute atomic E-state index is 0.193. The van der Waals surface area contributed by atoms with Gasteiger partial charge in [-0.15, -0.1) is 0 Å². The van der Waals surface area contributed by atoms with Crippen molar-refractivity contribution in [1.29, 1.82) is 0 Å². The van der Waals surface area contributed by atoms with E-state index in [0.29, 0.717) is 0 Å². The second kappa shape index (κ2) is 10.5. The fraction of sp³-hybridized carbons (Fsp3) is 0.409. The molecule has 156 valence electrons. The standard InChI is InChI=1S/C22H26O7/c1-15(24)28-20-19(26-13-16-8-4-2-5-9-16)18(12-23)29-22(25)21(20)27-14-17-10-6-3-7-11-17/h2-11,18-23,25H,12-14H2,1H3/t18-,19-,20+,21-,22?/m1/s1. The predicted molar refractivity (Wildman–Crippen MR) is 104 cm³/mol. The Kier molecular flexibility index (Phi) is 7.74. The Labute approximate surface area is 169 Å². The lowest BCUT2D eigenvalue weighted by Crippen LogP contribution is -2.61. The van der Waals surface area contributed by atoms with Crippen LogP contribution in [0.15, 0.2) is 60.7 Å². The molecule has 0 saturated carbocycles. The van der Waals surface area contributed by atoms with Gasteiger partial charge in [0.2, 0.25) is 0 Å². The van der Waals surface area contributed by atoms with Gasteiger partial charge in [-0.1, -0.05) is 60.7 Å². The Morgan fingerprint density at radius 1 is 0.897 bits per heavy atom. The van der Waals surface area contributed by atoms with E-state index >= 15 is 0 Å². The van der Waals surface area contributed by atoms with E-state index in [9.17, 15) is 15.0 Å². The van der Waals surface area contributed by atoms with E-state index in [1.165, 1.54) is 6.92 Å². The van der Waals surface area contributed by atoms with Crippen LogP contribution in [0.4, 0.5) is 0 Å². The van der Waals surface area contributed by atoms with E-state index in [2.05, 4.69) is 0 Å². The van der Waals surface area contributed by atoms with Crippen LogP contribution in [0, 0.1) is 0 Å². The highest BCUT2D eigenvalue weighted by Gasteiger charge is 2.48. The minimum atomic E-state index is -1.38.